The monoisotopic (exact) mass is 638 g/mol. The molecule has 3 aromatic rings. The second-order valence-corrected chi connectivity index (χ2v) is 12.6. The summed E-state index contributed by atoms with van der Waals surface area (Å²) in [7, 11) is 0. The highest BCUT2D eigenvalue weighted by molar-refractivity contribution is 5.84. The van der Waals surface area contributed by atoms with Crippen LogP contribution in [-0.2, 0) is 23.7 Å². The lowest BCUT2D eigenvalue weighted by atomic mass is 9.78. The van der Waals surface area contributed by atoms with Crippen molar-refractivity contribution in [1.82, 2.24) is 20.4 Å². The van der Waals surface area contributed by atoms with Crippen molar-refractivity contribution in [2.75, 3.05) is 13.1 Å². The lowest BCUT2D eigenvalue weighted by molar-refractivity contribution is -0.143. The summed E-state index contributed by atoms with van der Waals surface area (Å²) in [5.74, 6) is 0.281. The first-order valence-corrected chi connectivity index (χ1v) is 15.1. The van der Waals surface area contributed by atoms with Gasteiger partial charge in [0.25, 0.3) is 0 Å². The van der Waals surface area contributed by atoms with E-state index in [0.717, 1.165) is 37.9 Å². The number of likely N-dealkylation sites (tertiary alicyclic amines) is 1. The molecule has 6 rings (SSSR count). The summed E-state index contributed by atoms with van der Waals surface area (Å²) in [5, 5.41) is 6.74. The summed E-state index contributed by atoms with van der Waals surface area (Å²) in [6, 6.07) is 8.02. The fourth-order valence-corrected chi connectivity index (χ4v) is 7.44. The van der Waals surface area contributed by atoms with Gasteiger partial charge in [0.15, 0.2) is 5.82 Å². The summed E-state index contributed by atoms with van der Waals surface area (Å²) >= 11 is 0. The van der Waals surface area contributed by atoms with E-state index >= 15 is 0 Å². The molecule has 3 fully saturated rings. The number of alkyl halides is 6. The van der Waals surface area contributed by atoms with Gasteiger partial charge >= 0.3 is 12.4 Å². The maximum Gasteiger partial charge on any atom is 0.416 e. The number of aromatic nitrogens is 2. The second kappa shape index (κ2) is 11.7. The highest BCUT2D eigenvalue weighted by Gasteiger charge is 2.61. The number of hydrogen-bond donors (Lipinski definition) is 1. The smallest absolute Gasteiger partial charge is 0.352 e. The molecule has 6 nitrogen and oxygen atoms in total. The van der Waals surface area contributed by atoms with Gasteiger partial charge in [0.2, 0.25) is 11.8 Å². The Balaban J connectivity index is 1.19. The minimum Gasteiger partial charge on any atom is -0.352 e. The van der Waals surface area contributed by atoms with Crippen LogP contribution in [0, 0.1) is 24.1 Å². The number of aryl methyl sites for hydroxylation is 1. The number of halogens is 7. The topological polar surface area (TPSA) is 71.3 Å². The van der Waals surface area contributed by atoms with E-state index in [1.165, 1.54) is 12.1 Å². The number of piperidine rings is 1. The van der Waals surface area contributed by atoms with Crippen LogP contribution in [0.15, 0.2) is 47.0 Å². The number of carbonyl (C=O) groups is 1. The van der Waals surface area contributed by atoms with Gasteiger partial charge in [0.05, 0.1) is 16.5 Å². The molecule has 13 heteroatoms. The van der Waals surface area contributed by atoms with E-state index in [9.17, 15) is 35.5 Å². The number of amides is 1. The molecular formula is C32H33F7N4O2. The van der Waals surface area contributed by atoms with Crippen LogP contribution in [-0.4, -0.2) is 40.1 Å². The number of nitrogens with zero attached hydrogens (tertiary/aromatic N) is 3. The average Bonchev–Trinajstić information content (AvgIpc) is 3.47. The summed E-state index contributed by atoms with van der Waals surface area (Å²) in [5.41, 5.74) is -2.91. The number of carbonyl (C=O) groups excluding carboxylic acids is 1. The first-order chi connectivity index (χ1) is 21.2. The van der Waals surface area contributed by atoms with Crippen LogP contribution < -0.4 is 5.32 Å². The fourth-order valence-electron chi connectivity index (χ4n) is 7.44. The van der Waals surface area contributed by atoms with Crippen molar-refractivity contribution in [2.45, 2.75) is 82.2 Å². The van der Waals surface area contributed by atoms with E-state index < -0.39 is 35.4 Å². The Labute approximate surface area is 255 Å². The zero-order valence-corrected chi connectivity index (χ0v) is 24.5. The molecule has 3 aliphatic rings. The molecule has 1 aromatic heterocycles. The molecule has 2 saturated carbocycles. The molecule has 242 valence electrons. The Morgan fingerprint density at radius 3 is 2.22 bits per heavy atom. The molecule has 0 bridgehead atoms. The van der Waals surface area contributed by atoms with Gasteiger partial charge in [0.1, 0.15) is 5.82 Å². The Hall–Kier alpha value is -3.48. The third kappa shape index (κ3) is 6.59. The standard InChI is InChI=1S/C32H33F7N4O2/c1-18-41-28(42-45-18)26-15-27(26)30(29(44)40-17-19-12-22(31(34,35)36)14-23(13-19)32(37,38)39)9-6-25(16-30)43-10-7-21(8-11-43)20-2-4-24(33)5-3-20/h2-5,12-14,21,25-27H,6-11,15-17H2,1H3,(H,40,44). The molecule has 1 N–H and O–H groups in total. The molecule has 1 aliphatic heterocycles. The van der Waals surface area contributed by atoms with Crippen molar-refractivity contribution in [3.63, 3.8) is 0 Å². The summed E-state index contributed by atoms with van der Waals surface area (Å²) in [6.07, 6.45) is -5.80. The molecule has 2 aromatic carbocycles. The Kier molecular flexibility index (Phi) is 8.20. The van der Waals surface area contributed by atoms with E-state index in [0.29, 0.717) is 49.0 Å². The third-order valence-corrected chi connectivity index (χ3v) is 9.84. The molecule has 0 spiro atoms. The molecule has 4 atom stereocenters. The van der Waals surface area contributed by atoms with Crippen LogP contribution in [0.4, 0.5) is 30.7 Å². The molecule has 0 radical (unpaired) electrons. The quantitative estimate of drug-likeness (QED) is 0.273. The molecule has 2 aliphatic carbocycles. The highest BCUT2D eigenvalue weighted by atomic mass is 19.4. The predicted octanol–water partition coefficient (Wildman–Crippen LogP) is 7.39. The molecule has 2 heterocycles. The largest absolute Gasteiger partial charge is 0.416 e. The number of nitrogens with one attached hydrogen (secondary N) is 1. The maximum atomic E-state index is 14.0. The predicted molar refractivity (Wildman–Crippen MR) is 148 cm³/mol. The van der Waals surface area contributed by atoms with Crippen LogP contribution in [0.1, 0.15) is 84.3 Å². The van der Waals surface area contributed by atoms with Gasteiger partial charge in [-0.25, -0.2) is 4.39 Å². The Morgan fingerprint density at radius 1 is 1.00 bits per heavy atom. The summed E-state index contributed by atoms with van der Waals surface area (Å²) < 4.78 is 99.1. The average molecular weight is 639 g/mol. The van der Waals surface area contributed by atoms with Gasteiger partial charge in [-0.05, 0) is 105 Å². The zero-order chi connectivity index (χ0) is 32.1. The van der Waals surface area contributed by atoms with Crippen LogP contribution in [0.3, 0.4) is 0 Å². The maximum absolute atomic E-state index is 14.0. The van der Waals surface area contributed by atoms with Gasteiger partial charge in [-0.1, -0.05) is 17.3 Å². The molecule has 1 amide bonds. The second-order valence-electron chi connectivity index (χ2n) is 12.6. The summed E-state index contributed by atoms with van der Waals surface area (Å²) in [6.45, 7) is 2.79. The normalized spacial score (nSPS) is 26.3. The lowest BCUT2D eigenvalue weighted by Gasteiger charge is -2.37. The van der Waals surface area contributed by atoms with E-state index in [-0.39, 0.29) is 41.2 Å². The molecule has 4 unspecified atom stereocenters. The summed E-state index contributed by atoms with van der Waals surface area (Å²) in [4.78, 5) is 20.7. The van der Waals surface area contributed by atoms with Gasteiger partial charge in [-0.2, -0.15) is 31.3 Å². The van der Waals surface area contributed by atoms with Crippen molar-refractivity contribution in [1.29, 1.82) is 0 Å². The van der Waals surface area contributed by atoms with E-state index in [1.54, 1.807) is 6.92 Å². The van der Waals surface area contributed by atoms with Gasteiger partial charge in [-0.15, -0.1) is 0 Å². The number of benzene rings is 2. The van der Waals surface area contributed by atoms with Gasteiger partial charge in [0, 0.05) is 25.4 Å². The van der Waals surface area contributed by atoms with Gasteiger partial charge < -0.3 is 14.7 Å². The van der Waals surface area contributed by atoms with Crippen LogP contribution >= 0.6 is 0 Å². The van der Waals surface area contributed by atoms with Crippen LogP contribution in [0.2, 0.25) is 0 Å². The van der Waals surface area contributed by atoms with Gasteiger partial charge in [-0.3, -0.25) is 4.79 Å². The zero-order valence-electron chi connectivity index (χ0n) is 24.5. The molecular weight excluding hydrogens is 605 g/mol. The molecule has 1 saturated heterocycles. The van der Waals surface area contributed by atoms with Crippen molar-refractivity contribution >= 4 is 5.91 Å². The van der Waals surface area contributed by atoms with Crippen molar-refractivity contribution < 1.29 is 40.1 Å². The highest BCUT2D eigenvalue weighted by Crippen LogP contribution is 2.62. The Bertz CT molecular complexity index is 1500. The first-order valence-electron chi connectivity index (χ1n) is 15.1. The minimum atomic E-state index is -4.98. The van der Waals surface area contributed by atoms with E-state index in [1.807, 2.05) is 12.1 Å². The van der Waals surface area contributed by atoms with Crippen molar-refractivity contribution in [3.8, 4) is 0 Å². The van der Waals surface area contributed by atoms with Crippen molar-refractivity contribution in [3.05, 3.63) is 82.3 Å². The number of rotatable bonds is 7. The number of hydrogen-bond acceptors (Lipinski definition) is 5. The van der Waals surface area contributed by atoms with Crippen LogP contribution in [0.5, 0.6) is 0 Å². The minimum absolute atomic E-state index is 0.0787. The van der Waals surface area contributed by atoms with E-state index in [4.69, 9.17) is 4.52 Å². The molecule has 45 heavy (non-hydrogen) atoms. The fraction of sp³-hybridized carbons (Fsp3) is 0.531. The third-order valence-electron chi connectivity index (χ3n) is 9.84. The first kappa shape index (κ1) is 31.5. The van der Waals surface area contributed by atoms with E-state index in [2.05, 4.69) is 20.4 Å². The van der Waals surface area contributed by atoms with Crippen LogP contribution in [0.25, 0.3) is 0 Å². The van der Waals surface area contributed by atoms with Crippen molar-refractivity contribution in [2.24, 2.45) is 11.3 Å². The lowest BCUT2D eigenvalue weighted by Crippen LogP contribution is -2.44. The SMILES string of the molecule is Cc1nc(C2CC2C2(C(=O)NCc3cc(C(F)(F)F)cc(C(F)(F)F)c3)CCC(N3CCC(c4ccc(F)cc4)CC3)C2)no1. The Morgan fingerprint density at radius 2 is 1.64 bits per heavy atom.